The molecule has 18 heavy (non-hydrogen) atoms. The van der Waals surface area contributed by atoms with Crippen LogP contribution >= 0.6 is 19.1 Å². The van der Waals surface area contributed by atoms with Gasteiger partial charge in [-0.25, -0.2) is 0 Å². The number of benzene rings is 1. The van der Waals surface area contributed by atoms with Crippen molar-refractivity contribution in [2.75, 3.05) is 11.8 Å². The predicted molar refractivity (Wildman–Crippen MR) is 73.5 cm³/mol. The first-order valence-corrected chi connectivity index (χ1v) is 7.71. The Labute approximate surface area is 110 Å². The third-order valence-corrected chi connectivity index (χ3v) is 3.56. The number of anilines is 1. The molecule has 0 bridgehead atoms. The summed E-state index contributed by atoms with van der Waals surface area (Å²) in [5.74, 6) is 0.502. The van der Waals surface area contributed by atoms with Gasteiger partial charge in [0.2, 0.25) is 0 Å². The molecule has 1 atom stereocenters. The molecule has 0 fully saturated rings. The van der Waals surface area contributed by atoms with E-state index >= 15 is 0 Å². The van der Waals surface area contributed by atoms with Gasteiger partial charge in [-0.1, -0.05) is 11.6 Å². The van der Waals surface area contributed by atoms with E-state index in [9.17, 15) is 4.57 Å². The van der Waals surface area contributed by atoms with Crippen LogP contribution in [0.25, 0.3) is 0 Å². The summed E-state index contributed by atoms with van der Waals surface area (Å²) in [5.41, 5.74) is 0.650. The highest BCUT2D eigenvalue weighted by atomic mass is 35.5. The maximum absolute atomic E-state index is 12.2. The minimum Gasteiger partial charge on any atom is -0.429 e. The number of hydrogen-bond donors (Lipinski definition) is 1. The van der Waals surface area contributed by atoms with Crippen molar-refractivity contribution in [1.29, 1.82) is 0 Å². The van der Waals surface area contributed by atoms with Gasteiger partial charge in [0.05, 0.1) is 11.9 Å². The van der Waals surface area contributed by atoms with Crippen LogP contribution in [-0.4, -0.2) is 11.6 Å². The van der Waals surface area contributed by atoms with Crippen molar-refractivity contribution in [2.45, 2.75) is 0 Å². The van der Waals surface area contributed by atoms with E-state index in [1.165, 1.54) is 6.66 Å². The van der Waals surface area contributed by atoms with Crippen LogP contribution in [-0.2, 0) is 4.57 Å². The van der Waals surface area contributed by atoms with Gasteiger partial charge in [0.15, 0.2) is 0 Å². The second kappa shape index (κ2) is 5.42. The van der Waals surface area contributed by atoms with E-state index in [1.54, 1.807) is 48.8 Å². The van der Waals surface area contributed by atoms with Crippen LogP contribution in [0.1, 0.15) is 0 Å². The summed E-state index contributed by atoms with van der Waals surface area (Å²) in [6.07, 6.45) is 3.23. The van der Waals surface area contributed by atoms with Crippen molar-refractivity contribution < 1.29 is 9.09 Å². The van der Waals surface area contributed by atoms with E-state index in [2.05, 4.69) is 10.1 Å². The molecule has 2 rings (SSSR count). The Bertz CT molecular complexity index is 560. The molecule has 0 saturated carbocycles. The Kier molecular flexibility index (Phi) is 3.90. The highest BCUT2D eigenvalue weighted by molar-refractivity contribution is 7.60. The molecule has 0 spiro atoms. The lowest BCUT2D eigenvalue weighted by Crippen LogP contribution is -2.02. The Morgan fingerprint density at radius 1 is 1.28 bits per heavy atom. The van der Waals surface area contributed by atoms with Crippen molar-refractivity contribution >= 4 is 24.8 Å². The van der Waals surface area contributed by atoms with Gasteiger partial charge < -0.3 is 9.61 Å². The van der Waals surface area contributed by atoms with Gasteiger partial charge in [-0.2, -0.15) is 0 Å². The Morgan fingerprint density at radius 3 is 2.61 bits per heavy atom. The Hall–Kier alpha value is -1.51. The van der Waals surface area contributed by atoms with Crippen molar-refractivity contribution in [3.63, 3.8) is 0 Å². The van der Waals surface area contributed by atoms with E-state index in [0.29, 0.717) is 16.5 Å². The molecule has 0 saturated heterocycles. The summed E-state index contributed by atoms with van der Waals surface area (Å²) in [4.78, 5) is 3.93. The first kappa shape index (κ1) is 12.9. The summed E-state index contributed by atoms with van der Waals surface area (Å²) < 4.78 is 17.7. The fraction of sp³-hybridized carbons (Fsp3) is 0.0833. The topological polar surface area (TPSA) is 51.2 Å². The maximum Gasteiger partial charge on any atom is 0.338 e. The summed E-state index contributed by atoms with van der Waals surface area (Å²) >= 11 is 5.76. The monoisotopic (exact) mass is 282 g/mol. The second-order valence-electron chi connectivity index (χ2n) is 3.74. The van der Waals surface area contributed by atoms with Gasteiger partial charge in [-0.3, -0.25) is 9.55 Å². The summed E-state index contributed by atoms with van der Waals surface area (Å²) in [5, 5.41) is 3.42. The average molecular weight is 283 g/mol. The molecular formula is C12H12ClN2O2P. The van der Waals surface area contributed by atoms with Crippen LogP contribution in [0.5, 0.6) is 5.75 Å². The molecule has 0 radical (unpaired) electrons. The number of nitrogens with one attached hydrogen (secondary N) is 1. The van der Waals surface area contributed by atoms with Gasteiger partial charge in [-0.05, 0) is 36.4 Å². The van der Waals surface area contributed by atoms with E-state index in [-0.39, 0.29) is 0 Å². The van der Waals surface area contributed by atoms with Crippen LogP contribution in [0.15, 0.2) is 48.8 Å². The molecule has 0 aliphatic heterocycles. The predicted octanol–water partition coefficient (Wildman–Crippen LogP) is 4.05. The lowest BCUT2D eigenvalue weighted by Gasteiger charge is -2.17. The number of halogens is 1. The lowest BCUT2D eigenvalue weighted by atomic mass is 10.3. The fourth-order valence-electron chi connectivity index (χ4n) is 1.38. The van der Waals surface area contributed by atoms with Crippen LogP contribution < -0.4 is 9.61 Å². The Balaban J connectivity index is 2.08. The quantitative estimate of drug-likeness (QED) is 0.860. The van der Waals surface area contributed by atoms with Crippen molar-refractivity contribution in [3.8, 4) is 5.75 Å². The molecule has 0 amide bonds. The van der Waals surface area contributed by atoms with Crippen molar-refractivity contribution in [2.24, 2.45) is 0 Å². The first-order valence-electron chi connectivity index (χ1n) is 5.26. The van der Waals surface area contributed by atoms with Crippen LogP contribution in [0.2, 0.25) is 5.02 Å². The Morgan fingerprint density at radius 2 is 2.00 bits per heavy atom. The van der Waals surface area contributed by atoms with E-state index in [4.69, 9.17) is 16.1 Å². The molecule has 0 aliphatic carbocycles. The summed E-state index contributed by atoms with van der Waals surface area (Å²) in [6, 6.07) is 10.2. The second-order valence-corrected chi connectivity index (χ2v) is 6.28. The number of aromatic nitrogens is 1. The van der Waals surface area contributed by atoms with Crippen molar-refractivity contribution in [1.82, 2.24) is 4.98 Å². The SMILES string of the molecule is C[P@@](=O)(Nc1cccnc1)Oc1ccc(Cl)cc1. The van der Waals surface area contributed by atoms with Gasteiger partial charge in [-0.15, -0.1) is 0 Å². The number of hydrogen-bond acceptors (Lipinski definition) is 3. The molecule has 0 aliphatic rings. The van der Waals surface area contributed by atoms with Gasteiger partial charge in [0.25, 0.3) is 0 Å². The summed E-state index contributed by atoms with van der Waals surface area (Å²) in [7, 11) is -2.98. The molecule has 4 nitrogen and oxygen atoms in total. The minimum absolute atomic E-state index is 0.502. The van der Waals surface area contributed by atoms with Crippen LogP contribution in [0.4, 0.5) is 5.69 Å². The molecule has 0 unspecified atom stereocenters. The van der Waals surface area contributed by atoms with Gasteiger partial charge in [0, 0.05) is 17.9 Å². The molecule has 1 aromatic heterocycles. The third kappa shape index (κ3) is 3.76. The van der Waals surface area contributed by atoms with Gasteiger partial charge >= 0.3 is 7.52 Å². The molecule has 2 aromatic rings. The molecule has 1 aromatic carbocycles. The van der Waals surface area contributed by atoms with Crippen LogP contribution in [0.3, 0.4) is 0 Å². The number of pyridine rings is 1. The van der Waals surface area contributed by atoms with Gasteiger partial charge in [0.1, 0.15) is 5.75 Å². The molecule has 1 N–H and O–H groups in total. The minimum atomic E-state index is -2.98. The largest absolute Gasteiger partial charge is 0.429 e. The molecular weight excluding hydrogens is 271 g/mol. The fourth-order valence-corrected chi connectivity index (χ4v) is 2.68. The number of rotatable bonds is 4. The maximum atomic E-state index is 12.2. The zero-order chi connectivity index (χ0) is 13.0. The first-order chi connectivity index (χ1) is 8.55. The highest BCUT2D eigenvalue weighted by Gasteiger charge is 2.17. The molecule has 1 heterocycles. The molecule has 94 valence electrons. The third-order valence-electron chi connectivity index (χ3n) is 2.09. The molecule has 6 heteroatoms. The zero-order valence-electron chi connectivity index (χ0n) is 9.71. The average Bonchev–Trinajstić information content (AvgIpc) is 2.32. The zero-order valence-corrected chi connectivity index (χ0v) is 11.4. The van der Waals surface area contributed by atoms with Crippen LogP contribution in [0, 0.1) is 0 Å². The standard InChI is InChI=1S/C12H12ClN2O2P/c1-18(16,15-11-3-2-8-14-9-11)17-12-6-4-10(13)5-7-12/h2-9H,1H3,(H,15,16)/t18-/m0/s1. The summed E-state index contributed by atoms with van der Waals surface area (Å²) in [6.45, 7) is 1.51. The highest BCUT2D eigenvalue weighted by Crippen LogP contribution is 2.43. The normalized spacial score (nSPS) is 13.7. The number of nitrogens with zero attached hydrogens (tertiary/aromatic N) is 1. The van der Waals surface area contributed by atoms with Crippen molar-refractivity contribution in [3.05, 3.63) is 53.8 Å². The lowest BCUT2D eigenvalue weighted by molar-refractivity contribution is 0.493. The van der Waals surface area contributed by atoms with E-state index in [0.717, 1.165) is 0 Å². The smallest absolute Gasteiger partial charge is 0.338 e. The van der Waals surface area contributed by atoms with E-state index < -0.39 is 7.52 Å². The van der Waals surface area contributed by atoms with E-state index in [1.807, 2.05) is 0 Å².